The second-order valence-corrected chi connectivity index (χ2v) is 7.80. The molecule has 0 aliphatic heterocycles. The van der Waals surface area contributed by atoms with Gasteiger partial charge in [-0.15, -0.1) is 0 Å². The number of rotatable bonds is 8. The van der Waals surface area contributed by atoms with Crippen LogP contribution in [0.4, 0.5) is 13.2 Å². The van der Waals surface area contributed by atoms with Crippen molar-refractivity contribution in [2.24, 2.45) is 0 Å². The molecule has 0 fully saturated rings. The molecule has 0 atom stereocenters. The number of ether oxygens (including phenoxy) is 2. The van der Waals surface area contributed by atoms with Gasteiger partial charge in [0.05, 0.1) is 19.8 Å². The molecule has 1 N–H and O–H groups in total. The van der Waals surface area contributed by atoms with Crippen LogP contribution in [0, 0.1) is 13.8 Å². The van der Waals surface area contributed by atoms with Gasteiger partial charge in [-0.2, -0.15) is 13.2 Å². The van der Waals surface area contributed by atoms with E-state index >= 15 is 0 Å². The maximum Gasteiger partial charge on any atom is 0.416 e. The summed E-state index contributed by atoms with van der Waals surface area (Å²) < 4.78 is 51.5. The predicted molar refractivity (Wildman–Crippen MR) is 120 cm³/mol. The topological polar surface area (TPSA) is 52.5 Å². The highest BCUT2D eigenvalue weighted by molar-refractivity contribution is 5.94. The second kappa shape index (κ2) is 10.0. The van der Waals surface area contributed by atoms with Crippen molar-refractivity contribution in [2.45, 2.75) is 33.0 Å². The smallest absolute Gasteiger partial charge is 0.416 e. The van der Waals surface area contributed by atoms with Crippen molar-refractivity contribution >= 4 is 5.91 Å². The van der Waals surface area contributed by atoms with Crippen LogP contribution >= 0.6 is 0 Å². The van der Waals surface area contributed by atoms with Crippen molar-refractivity contribution in [3.05, 3.63) is 82.2 Å². The Morgan fingerprint density at radius 2 is 1.70 bits per heavy atom. The molecule has 176 valence electrons. The first-order valence-corrected chi connectivity index (χ1v) is 10.5. The minimum Gasteiger partial charge on any atom is -0.493 e. The Balaban J connectivity index is 1.73. The van der Waals surface area contributed by atoms with E-state index in [0.717, 1.165) is 29.0 Å². The van der Waals surface area contributed by atoms with Gasteiger partial charge in [-0.3, -0.25) is 4.79 Å². The lowest BCUT2D eigenvalue weighted by atomic mass is 10.1. The number of carbonyl (C=O) groups excluding carboxylic acids is 1. The van der Waals surface area contributed by atoms with Crippen LogP contribution in [-0.4, -0.2) is 31.2 Å². The Morgan fingerprint density at radius 3 is 2.36 bits per heavy atom. The number of benzene rings is 2. The molecule has 2 aromatic carbocycles. The highest BCUT2D eigenvalue weighted by Crippen LogP contribution is 2.30. The number of halogens is 3. The van der Waals surface area contributed by atoms with E-state index in [1.165, 1.54) is 6.07 Å². The maximum atomic E-state index is 13.1. The van der Waals surface area contributed by atoms with Crippen LogP contribution in [0.1, 0.15) is 38.4 Å². The van der Waals surface area contributed by atoms with E-state index in [-0.39, 0.29) is 12.5 Å². The molecule has 1 heterocycles. The van der Waals surface area contributed by atoms with Crippen molar-refractivity contribution in [1.29, 1.82) is 0 Å². The van der Waals surface area contributed by atoms with Gasteiger partial charge in [0, 0.05) is 18.8 Å². The number of carbonyl (C=O) groups is 1. The zero-order valence-corrected chi connectivity index (χ0v) is 19.0. The molecule has 0 saturated carbocycles. The maximum absolute atomic E-state index is 13.1. The third kappa shape index (κ3) is 5.69. The van der Waals surface area contributed by atoms with Gasteiger partial charge < -0.3 is 19.4 Å². The van der Waals surface area contributed by atoms with Gasteiger partial charge in [0.25, 0.3) is 5.91 Å². The molecule has 0 radical (unpaired) electrons. The van der Waals surface area contributed by atoms with E-state index in [4.69, 9.17) is 9.47 Å². The summed E-state index contributed by atoms with van der Waals surface area (Å²) in [5.74, 6) is 0.972. The average molecular weight is 460 g/mol. The summed E-state index contributed by atoms with van der Waals surface area (Å²) in [6.07, 6.45) is -3.83. The molecule has 33 heavy (non-hydrogen) atoms. The molecule has 0 bridgehead atoms. The summed E-state index contributed by atoms with van der Waals surface area (Å²) in [4.78, 5) is 13.0. The van der Waals surface area contributed by atoms with Crippen molar-refractivity contribution in [3.63, 3.8) is 0 Å². The Hall–Kier alpha value is -3.42. The van der Waals surface area contributed by atoms with E-state index in [1.807, 2.05) is 38.1 Å². The van der Waals surface area contributed by atoms with E-state index in [2.05, 4.69) is 5.32 Å². The fourth-order valence-electron chi connectivity index (χ4n) is 3.82. The number of aryl methyl sites for hydroxylation is 2. The fraction of sp³-hybridized carbons (Fsp3) is 0.320. The Kier molecular flexibility index (Phi) is 7.36. The number of aromatic nitrogens is 1. The van der Waals surface area contributed by atoms with Gasteiger partial charge in [0.2, 0.25) is 0 Å². The van der Waals surface area contributed by atoms with Gasteiger partial charge in [0.1, 0.15) is 5.69 Å². The lowest BCUT2D eigenvalue weighted by Gasteiger charge is -2.15. The van der Waals surface area contributed by atoms with Gasteiger partial charge in [-0.25, -0.2) is 0 Å². The summed E-state index contributed by atoms with van der Waals surface area (Å²) in [6, 6.07) is 12.6. The van der Waals surface area contributed by atoms with Gasteiger partial charge in [0.15, 0.2) is 11.5 Å². The van der Waals surface area contributed by atoms with E-state index in [0.29, 0.717) is 35.7 Å². The Morgan fingerprint density at radius 1 is 0.970 bits per heavy atom. The molecule has 1 aromatic heterocycles. The summed E-state index contributed by atoms with van der Waals surface area (Å²) in [5.41, 5.74) is 2.75. The van der Waals surface area contributed by atoms with Crippen molar-refractivity contribution in [2.75, 3.05) is 20.8 Å². The molecule has 8 heteroatoms. The molecule has 0 unspecified atom stereocenters. The van der Waals surface area contributed by atoms with Gasteiger partial charge >= 0.3 is 6.18 Å². The molecule has 0 saturated heterocycles. The van der Waals surface area contributed by atoms with Crippen molar-refractivity contribution in [3.8, 4) is 11.5 Å². The minimum absolute atomic E-state index is 0.169. The zero-order chi connectivity index (χ0) is 24.2. The van der Waals surface area contributed by atoms with Crippen molar-refractivity contribution < 1.29 is 27.4 Å². The highest BCUT2D eigenvalue weighted by atomic mass is 19.4. The molecule has 3 rings (SSSR count). The highest BCUT2D eigenvalue weighted by Gasteiger charge is 2.30. The molecule has 0 aliphatic rings. The summed E-state index contributed by atoms with van der Waals surface area (Å²) in [7, 11) is 3.13. The first-order valence-electron chi connectivity index (χ1n) is 10.5. The quantitative estimate of drug-likeness (QED) is 0.505. The lowest BCUT2D eigenvalue weighted by Crippen LogP contribution is -2.29. The molecule has 3 aromatic rings. The van der Waals surface area contributed by atoms with Crippen LogP contribution in [0.5, 0.6) is 11.5 Å². The third-order valence-corrected chi connectivity index (χ3v) is 5.45. The van der Waals surface area contributed by atoms with Gasteiger partial charge in [-0.1, -0.05) is 18.2 Å². The van der Waals surface area contributed by atoms with Crippen LogP contribution in [0.3, 0.4) is 0 Å². The third-order valence-electron chi connectivity index (χ3n) is 5.45. The minimum atomic E-state index is -4.41. The summed E-state index contributed by atoms with van der Waals surface area (Å²) in [5, 5.41) is 2.92. The number of methoxy groups -OCH3 is 2. The molecular weight excluding hydrogens is 433 g/mol. The number of hydrogen-bond donors (Lipinski definition) is 1. The molecule has 5 nitrogen and oxygen atoms in total. The van der Waals surface area contributed by atoms with Crippen LogP contribution < -0.4 is 14.8 Å². The largest absolute Gasteiger partial charge is 0.493 e. The van der Waals surface area contributed by atoms with E-state index in [9.17, 15) is 18.0 Å². The number of nitrogens with zero attached hydrogens (tertiary/aromatic N) is 1. The number of hydrogen-bond acceptors (Lipinski definition) is 3. The standard InChI is InChI=1S/C25H27F3N2O3/c1-16-12-17(2)30(15-19-6-5-7-20(13-19)25(26,27)28)23(16)24(31)29-11-10-18-8-9-21(32-3)22(14-18)33-4/h5-9,12-14H,10-11,15H2,1-4H3,(H,29,31). The Bertz CT molecular complexity index is 1140. The average Bonchev–Trinajstić information content (AvgIpc) is 3.05. The monoisotopic (exact) mass is 460 g/mol. The number of amides is 1. The summed E-state index contributed by atoms with van der Waals surface area (Å²) >= 11 is 0. The van der Waals surface area contributed by atoms with Crippen molar-refractivity contribution in [1.82, 2.24) is 9.88 Å². The van der Waals surface area contributed by atoms with E-state index in [1.54, 1.807) is 24.9 Å². The first kappa shape index (κ1) is 24.2. The molecular formula is C25H27F3N2O3. The first-order chi connectivity index (χ1) is 15.6. The lowest BCUT2D eigenvalue weighted by molar-refractivity contribution is -0.137. The second-order valence-electron chi connectivity index (χ2n) is 7.80. The number of alkyl halides is 3. The number of nitrogens with one attached hydrogen (secondary N) is 1. The van der Waals surface area contributed by atoms with Crippen LogP contribution in [0.2, 0.25) is 0 Å². The fourth-order valence-corrected chi connectivity index (χ4v) is 3.82. The van der Waals surface area contributed by atoms with Crippen LogP contribution in [0.25, 0.3) is 0 Å². The van der Waals surface area contributed by atoms with E-state index < -0.39 is 11.7 Å². The summed E-state index contributed by atoms with van der Waals surface area (Å²) in [6.45, 7) is 4.21. The van der Waals surface area contributed by atoms with Crippen LogP contribution in [-0.2, 0) is 19.1 Å². The Labute approximate surface area is 191 Å². The normalized spacial score (nSPS) is 11.4. The predicted octanol–water partition coefficient (Wildman–Crippen LogP) is 5.16. The van der Waals surface area contributed by atoms with Crippen LogP contribution in [0.15, 0.2) is 48.5 Å². The zero-order valence-electron chi connectivity index (χ0n) is 19.0. The SMILES string of the molecule is COc1ccc(CCNC(=O)c2c(C)cc(C)n2Cc2cccc(C(F)(F)F)c2)cc1OC. The molecule has 0 aliphatic carbocycles. The van der Waals surface area contributed by atoms with Gasteiger partial charge in [-0.05, 0) is 67.3 Å². The molecule has 0 spiro atoms. The molecule has 1 amide bonds.